The molecule has 1 aliphatic heterocycles. The molecule has 2 aliphatic rings. The van der Waals surface area contributed by atoms with Crippen molar-refractivity contribution in [3.8, 4) is 0 Å². The molecule has 0 radical (unpaired) electrons. The van der Waals surface area contributed by atoms with Crippen molar-refractivity contribution in [2.75, 3.05) is 4.90 Å². The summed E-state index contributed by atoms with van der Waals surface area (Å²) in [4.78, 5) is 25.8. The molecule has 1 saturated heterocycles. The van der Waals surface area contributed by atoms with Crippen LogP contribution in [0, 0.1) is 24.7 Å². The van der Waals surface area contributed by atoms with Crippen LogP contribution in [0.25, 0.3) is 0 Å². The topological polar surface area (TPSA) is 63.4 Å². The van der Waals surface area contributed by atoms with E-state index in [-0.39, 0.29) is 23.7 Å². The Bertz CT molecular complexity index is 508. The summed E-state index contributed by atoms with van der Waals surface area (Å²) in [6.45, 7) is 3.88. The first-order valence-corrected chi connectivity index (χ1v) is 6.39. The van der Waals surface area contributed by atoms with Crippen LogP contribution in [0.15, 0.2) is 10.6 Å². The maximum atomic E-state index is 12.3. The Balaban J connectivity index is 1.93. The van der Waals surface area contributed by atoms with E-state index in [1.165, 1.54) is 4.90 Å². The zero-order valence-corrected chi connectivity index (χ0v) is 10.5. The summed E-state index contributed by atoms with van der Waals surface area (Å²) in [5.74, 6) is 0.944. The molecule has 5 heteroatoms. The smallest absolute Gasteiger partial charge is 0.239 e. The maximum Gasteiger partial charge on any atom is 0.239 e. The number of hydrogen-bond acceptors (Lipinski definition) is 4. The largest absolute Gasteiger partial charge is 0.360 e. The van der Waals surface area contributed by atoms with E-state index in [9.17, 15) is 9.59 Å². The van der Waals surface area contributed by atoms with E-state index in [4.69, 9.17) is 4.52 Å². The lowest BCUT2D eigenvalue weighted by Gasteiger charge is -2.25. The van der Waals surface area contributed by atoms with Gasteiger partial charge in [0.1, 0.15) is 5.76 Å². The summed E-state index contributed by atoms with van der Waals surface area (Å²) >= 11 is 0. The van der Waals surface area contributed by atoms with Gasteiger partial charge in [-0.1, -0.05) is 12.1 Å². The summed E-state index contributed by atoms with van der Waals surface area (Å²) in [5, 5.41) is 3.78. The number of amides is 2. The molecule has 3 atom stereocenters. The van der Waals surface area contributed by atoms with Crippen LogP contribution in [0.3, 0.4) is 0 Å². The van der Waals surface area contributed by atoms with Crippen molar-refractivity contribution in [3.05, 3.63) is 11.8 Å². The average molecular weight is 248 g/mol. The van der Waals surface area contributed by atoms with Crippen molar-refractivity contribution in [1.29, 1.82) is 0 Å². The number of fused-ring (bicyclic) bond motifs is 1. The molecule has 3 rings (SSSR count). The van der Waals surface area contributed by atoms with Crippen molar-refractivity contribution < 1.29 is 14.1 Å². The van der Waals surface area contributed by atoms with E-state index in [1.807, 2.05) is 0 Å². The predicted molar refractivity (Wildman–Crippen MR) is 63.7 cm³/mol. The first kappa shape index (κ1) is 11.4. The highest BCUT2D eigenvalue weighted by Gasteiger charge is 2.50. The molecule has 1 aromatic heterocycles. The summed E-state index contributed by atoms with van der Waals surface area (Å²) in [6, 6.07) is 1.64. The van der Waals surface area contributed by atoms with Crippen LogP contribution in [0.4, 0.5) is 5.82 Å². The van der Waals surface area contributed by atoms with Gasteiger partial charge in [0.2, 0.25) is 11.8 Å². The van der Waals surface area contributed by atoms with Crippen LogP contribution in [0.5, 0.6) is 0 Å². The number of aromatic nitrogens is 1. The van der Waals surface area contributed by atoms with E-state index in [2.05, 4.69) is 12.1 Å². The van der Waals surface area contributed by atoms with Gasteiger partial charge in [0.05, 0.1) is 11.8 Å². The third-order valence-electron chi connectivity index (χ3n) is 4.03. The normalized spacial score (nSPS) is 31.9. The summed E-state index contributed by atoms with van der Waals surface area (Å²) in [7, 11) is 0. The summed E-state index contributed by atoms with van der Waals surface area (Å²) < 4.78 is 4.95. The predicted octanol–water partition coefficient (Wildman–Crippen LogP) is 1.91. The van der Waals surface area contributed by atoms with Crippen LogP contribution in [-0.2, 0) is 9.59 Å². The number of nitrogens with zero attached hydrogens (tertiary/aromatic N) is 2. The number of imide groups is 1. The first-order chi connectivity index (χ1) is 8.58. The highest BCUT2D eigenvalue weighted by atomic mass is 16.5. The van der Waals surface area contributed by atoms with Crippen LogP contribution in [-0.4, -0.2) is 17.0 Å². The fourth-order valence-electron chi connectivity index (χ4n) is 3.07. The Kier molecular flexibility index (Phi) is 2.50. The van der Waals surface area contributed by atoms with E-state index < -0.39 is 0 Å². The summed E-state index contributed by atoms with van der Waals surface area (Å²) in [5.41, 5.74) is 0. The molecule has 0 aromatic carbocycles. The third kappa shape index (κ3) is 1.57. The minimum atomic E-state index is -0.154. The molecule has 1 aromatic rings. The van der Waals surface area contributed by atoms with Crippen molar-refractivity contribution in [1.82, 2.24) is 5.16 Å². The highest BCUT2D eigenvalue weighted by Crippen LogP contribution is 2.41. The first-order valence-electron chi connectivity index (χ1n) is 6.39. The van der Waals surface area contributed by atoms with Gasteiger partial charge in [-0.25, -0.2) is 4.90 Å². The van der Waals surface area contributed by atoms with Gasteiger partial charge in [-0.05, 0) is 32.1 Å². The molecule has 0 spiro atoms. The Morgan fingerprint density at radius 3 is 2.67 bits per heavy atom. The average Bonchev–Trinajstić information content (AvgIpc) is 2.84. The molecule has 2 fully saturated rings. The number of carbonyl (C=O) groups excluding carboxylic acids is 2. The van der Waals surface area contributed by atoms with Crippen LogP contribution in [0.1, 0.15) is 31.9 Å². The highest BCUT2D eigenvalue weighted by molar-refractivity contribution is 6.21. The van der Waals surface area contributed by atoms with Crippen LogP contribution < -0.4 is 4.90 Å². The summed E-state index contributed by atoms with van der Waals surface area (Å²) in [6.07, 6.45) is 2.64. The van der Waals surface area contributed by atoms with E-state index >= 15 is 0 Å². The number of rotatable bonds is 1. The minimum Gasteiger partial charge on any atom is -0.360 e. The molecular formula is C13H16N2O3. The van der Waals surface area contributed by atoms with Crippen molar-refractivity contribution in [2.24, 2.45) is 17.8 Å². The molecule has 0 N–H and O–H groups in total. The molecule has 0 unspecified atom stereocenters. The second-order valence-electron chi connectivity index (χ2n) is 5.44. The van der Waals surface area contributed by atoms with Gasteiger partial charge in [0.25, 0.3) is 0 Å². The van der Waals surface area contributed by atoms with Gasteiger partial charge in [0.15, 0.2) is 5.82 Å². The lowest BCUT2D eigenvalue weighted by molar-refractivity contribution is -0.122. The Hall–Kier alpha value is -1.65. The van der Waals surface area contributed by atoms with E-state index in [0.717, 1.165) is 19.3 Å². The van der Waals surface area contributed by atoms with Gasteiger partial charge < -0.3 is 4.52 Å². The lowest BCUT2D eigenvalue weighted by atomic mass is 9.76. The van der Waals surface area contributed by atoms with E-state index in [1.54, 1.807) is 13.0 Å². The quantitative estimate of drug-likeness (QED) is 0.712. The molecule has 2 heterocycles. The monoisotopic (exact) mass is 248 g/mol. The molecule has 0 bridgehead atoms. The Morgan fingerprint density at radius 2 is 2.00 bits per heavy atom. The van der Waals surface area contributed by atoms with E-state index in [0.29, 0.717) is 17.5 Å². The number of aryl methyl sites for hydroxylation is 1. The Labute approximate surface area is 105 Å². The fraction of sp³-hybridized carbons (Fsp3) is 0.615. The second-order valence-corrected chi connectivity index (χ2v) is 5.44. The SMILES string of the molecule is Cc1cc(N2C(=O)[C@H]3CC[C@@H](C)C[C@H]3C2=O)no1. The van der Waals surface area contributed by atoms with Crippen molar-refractivity contribution in [3.63, 3.8) is 0 Å². The third-order valence-corrected chi connectivity index (χ3v) is 4.03. The molecule has 1 saturated carbocycles. The maximum absolute atomic E-state index is 12.3. The molecule has 18 heavy (non-hydrogen) atoms. The van der Waals surface area contributed by atoms with Gasteiger partial charge in [-0.3, -0.25) is 9.59 Å². The Morgan fingerprint density at radius 1 is 1.28 bits per heavy atom. The molecule has 96 valence electrons. The van der Waals surface area contributed by atoms with Crippen molar-refractivity contribution >= 4 is 17.6 Å². The standard InChI is InChI=1S/C13H16N2O3/c1-7-3-4-9-10(5-7)13(17)15(12(9)16)11-6-8(2)18-14-11/h6-7,9-10H,3-5H2,1-2H3/t7-,9+,10-/m1/s1. The zero-order valence-electron chi connectivity index (χ0n) is 10.5. The van der Waals surface area contributed by atoms with Gasteiger partial charge >= 0.3 is 0 Å². The van der Waals surface area contributed by atoms with Gasteiger partial charge in [0, 0.05) is 6.07 Å². The molecule has 1 aliphatic carbocycles. The number of hydrogen-bond donors (Lipinski definition) is 0. The fourth-order valence-corrected chi connectivity index (χ4v) is 3.07. The number of anilines is 1. The van der Waals surface area contributed by atoms with Crippen LogP contribution >= 0.6 is 0 Å². The zero-order chi connectivity index (χ0) is 12.9. The second kappa shape index (κ2) is 3.93. The molecule has 5 nitrogen and oxygen atoms in total. The van der Waals surface area contributed by atoms with Crippen molar-refractivity contribution in [2.45, 2.75) is 33.1 Å². The number of carbonyl (C=O) groups is 2. The lowest BCUT2D eigenvalue weighted by Crippen LogP contribution is -2.31. The minimum absolute atomic E-state index is 0.106. The molecule has 2 amide bonds. The molecular weight excluding hydrogens is 232 g/mol. The van der Waals surface area contributed by atoms with Gasteiger partial charge in [-0.2, -0.15) is 0 Å². The van der Waals surface area contributed by atoms with Crippen LogP contribution in [0.2, 0.25) is 0 Å². The van der Waals surface area contributed by atoms with Gasteiger partial charge in [-0.15, -0.1) is 0 Å².